The van der Waals surface area contributed by atoms with Crippen LogP contribution in [0.5, 0.6) is 0 Å². The molecule has 3 heteroatoms. The molecular weight excluding hydrogens is 230 g/mol. The first-order valence-corrected chi connectivity index (χ1v) is 6.24. The highest BCUT2D eigenvalue weighted by molar-refractivity contribution is 7.96. The lowest BCUT2D eigenvalue weighted by Crippen LogP contribution is -2.34. The van der Waals surface area contributed by atoms with E-state index in [0.29, 0.717) is 6.54 Å². The van der Waals surface area contributed by atoms with E-state index in [1.807, 2.05) is 0 Å². The summed E-state index contributed by atoms with van der Waals surface area (Å²) in [6.45, 7) is 11.2. The summed E-state index contributed by atoms with van der Waals surface area (Å²) < 4.78 is 0. The van der Waals surface area contributed by atoms with Gasteiger partial charge in [-0.15, -0.1) is 0 Å². The Labute approximate surface area is 109 Å². The number of nitrogens with one attached hydrogen (secondary N) is 1. The zero-order chi connectivity index (χ0) is 13.2. The number of hydrogen-bond donors (Lipinski definition) is 2. The monoisotopic (exact) mass is 251 g/mol. The molecular formula is C14H21NOS. The topological polar surface area (TPSA) is 29.1 Å². The van der Waals surface area contributed by atoms with Gasteiger partial charge in [0, 0.05) is 12.0 Å². The van der Waals surface area contributed by atoms with Crippen LogP contribution in [0.4, 0.5) is 4.79 Å². The summed E-state index contributed by atoms with van der Waals surface area (Å²) in [6, 6.07) is 4.42. The Hall–Kier alpha value is -0.960. The fourth-order valence-corrected chi connectivity index (χ4v) is 2.16. The minimum atomic E-state index is -0.278. The van der Waals surface area contributed by atoms with Crippen molar-refractivity contribution in [2.24, 2.45) is 0 Å². The van der Waals surface area contributed by atoms with Crippen molar-refractivity contribution in [1.82, 2.24) is 5.32 Å². The van der Waals surface area contributed by atoms with Crippen LogP contribution in [0, 0.1) is 20.8 Å². The van der Waals surface area contributed by atoms with Gasteiger partial charge in [-0.2, -0.15) is 0 Å². The van der Waals surface area contributed by atoms with Crippen LogP contribution in [-0.2, 0) is 5.41 Å². The van der Waals surface area contributed by atoms with Crippen molar-refractivity contribution in [2.75, 3.05) is 6.54 Å². The predicted octanol–water partition coefficient (Wildman–Crippen LogP) is 3.53. The van der Waals surface area contributed by atoms with Crippen LogP contribution in [0.25, 0.3) is 0 Å². The molecule has 0 radical (unpaired) electrons. The highest BCUT2D eigenvalue weighted by atomic mass is 32.1. The van der Waals surface area contributed by atoms with Crippen molar-refractivity contribution in [2.45, 2.75) is 40.0 Å². The van der Waals surface area contributed by atoms with Crippen LogP contribution in [0.2, 0.25) is 0 Å². The van der Waals surface area contributed by atoms with Crippen LogP contribution in [0.1, 0.15) is 36.1 Å². The van der Waals surface area contributed by atoms with Crippen LogP contribution in [0.15, 0.2) is 12.1 Å². The maximum Gasteiger partial charge on any atom is 0.276 e. The van der Waals surface area contributed by atoms with E-state index < -0.39 is 0 Å². The average Bonchev–Trinajstić information content (AvgIpc) is 2.20. The largest absolute Gasteiger partial charge is 0.346 e. The maximum atomic E-state index is 10.9. The number of thiol groups is 1. The molecule has 0 saturated carbocycles. The lowest BCUT2D eigenvalue weighted by atomic mass is 9.80. The Morgan fingerprint density at radius 3 is 2.24 bits per heavy atom. The van der Waals surface area contributed by atoms with Crippen molar-refractivity contribution in [1.29, 1.82) is 0 Å². The average molecular weight is 251 g/mol. The summed E-state index contributed by atoms with van der Waals surface area (Å²) >= 11 is 3.73. The van der Waals surface area contributed by atoms with Gasteiger partial charge in [0.25, 0.3) is 5.24 Å². The van der Waals surface area contributed by atoms with Crippen molar-refractivity contribution in [3.05, 3.63) is 34.4 Å². The quantitative estimate of drug-likeness (QED) is 0.791. The van der Waals surface area contributed by atoms with E-state index in [1.165, 1.54) is 22.3 Å². The summed E-state index contributed by atoms with van der Waals surface area (Å²) in [6.07, 6.45) is 0. The SMILES string of the molecule is Cc1cc(C)c(C(C)(C)CNC(=O)S)cc1C. The standard InChI is InChI=1S/C14H21NOS/c1-9-6-11(3)12(7-10(9)2)14(4,5)8-15-13(16)17/h6-7H,8H2,1-5H3,(H2,15,16,17). The zero-order valence-electron chi connectivity index (χ0n) is 11.2. The molecule has 17 heavy (non-hydrogen) atoms. The molecule has 0 aromatic heterocycles. The highest BCUT2D eigenvalue weighted by Gasteiger charge is 2.23. The third-order valence-electron chi connectivity index (χ3n) is 3.25. The smallest absolute Gasteiger partial charge is 0.276 e. The molecule has 1 rings (SSSR count). The van der Waals surface area contributed by atoms with E-state index in [1.54, 1.807) is 0 Å². The highest BCUT2D eigenvalue weighted by Crippen LogP contribution is 2.28. The molecule has 0 bridgehead atoms. The molecule has 1 aromatic carbocycles. The fourth-order valence-electron chi connectivity index (χ4n) is 2.08. The Bertz CT molecular complexity index is 438. The third-order valence-corrected chi connectivity index (χ3v) is 3.41. The Kier molecular flexibility index (Phi) is 4.26. The van der Waals surface area contributed by atoms with Gasteiger partial charge in [-0.05, 0) is 43.0 Å². The number of carbonyl (C=O) groups is 1. The Morgan fingerprint density at radius 2 is 1.71 bits per heavy atom. The molecule has 1 aromatic rings. The van der Waals surface area contributed by atoms with Gasteiger partial charge in [0.05, 0.1) is 0 Å². The number of hydrogen-bond acceptors (Lipinski definition) is 1. The van der Waals surface area contributed by atoms with Crippen molar-refractivity contribution in [3.63, 3.8) is 0 Å². The van der Waals surface area contributed by atoms with Gasteiger partial charge in [-0.25, -0.2) is 0 Å². The Balaban J connectivity index is 3.05. The van der Waals surface area contributed by atoms with E-state index in [-0.39, 0.29) is 10.7 Å². The summed E-state index contributed by atoms with van der Waals surface area (Å²) in [5, 5.41) is 2.49. The molecule has 0 fully saturated rings. The molecule has 2 nitrogen and oxygen atoms in total. The van der Waals surface area contributed by atoms with Gasteiger partial charge >= 0.3 is 0 Å². The summed E-state index contributed by atoms with van der Waals surface area (Å²) in [5.74, 6) is 0. The van der Waals surface area contributed by atoms with E-state index in [2.05, 4.69) is 64.7 Å². The van der Waals surface area contributed by atoms with Crippen molar-refractivity contribution < 1.29 is 4.79 Å². The number of carbonyl (C=O) groups excluding carboxylic acids is 1. The van der Waals surface area contributed by atoms with Crippen molar-refractivity contribution >= 4 is 17.9 Å². The van der Waals surface area contributed by atoms with Crippen LogP contribution < -0.4 is 5.32 Å². The molecule has 0 spiro atoms. The summed E-state index contributed by atoms with van der Waals surface area (Å²) in [4.78, 5) is 10.9. The summed E-state index contributed by atoms with van der Waals surface area (Å²) in [7, 11) is 0. The number of amides is 1. The molecule has 0 heterocycles. The molecule has 0 saturated heterocycles. The summed E-state index contributed by atoms with van der Waals surface area (Å²) in [5.41, 5.74) is 5.06. The van der Waals surface area contributed by atoms with Crippen LogP contribution in [0.3, 0.4) is 0 Å². The van der Waals surface area contributed by atoms with Gasteiger partial charge in [0.2, 0.25) is 0 Å². The minimum absolute atomic E-state index is 0.0824. The van der Waals surface area contributed by atoms with E-state index in [4.69, 9.17) is 0 Å². The predicted molar refractivity (Wildman–Crippen MR) is 76.1 cm³/mol. The lowest BCUT2D eigenvalue weighted by Gasteiger charge is -2.28. The molecule has 0 aliphatic heterocycles. The maximum absolute atomic E-state index is 10.9. The normalized spacial score (nSPS) is 11.4. The lowest BCUT2D eigenvalue weighted by molar-refractivity contribution is 0.258. The number of benzene rings is 1. The molecule has 0 aliphatic carbocycles. The molecule has 1 amide bonds. The first kappa shape index (κ1) is 14.1. The van der Waals surface area contributed by atoms with Gasteiger partial charge < -0.3 is 5.32 Å². The second kappa shape index (κ2) is 5.13. The minimum Gasteiger partial charge on any atom is -0.346 e. The van der Waals surface area contributed by atoms with Crippen molar-refractivity contribution in [3.8, 4) is 0 Å². The molecule has 94 valence electrons. The zero-order valence-corrected chi connectivity index (χ0v) is 12.1. The second-order valence-corrected chi connectivity index (χ2v) is 5.70. The van der Waals surface area contributed by atoms with Gasteiger partial charge in [0.15, 0.2) is 0 Å². The first-order chi connectivity index (χ1) is 7.74. The van der Waals surface area contributed by atoms with Crippen LogP contribution >= 0.6 is 12.6 Å². The van der Waals surface area contributed by atoms with Gasteiger partial charge in [-0.1, -0.05) is 38.6 Å². The first-order valence-electron chi connectivity index (χ1n) is 5.79. The van der Waals surface area contributed by atoms with Gasteiger partial charge in [-0.3, -0.25) is 4.79 Å². The molecule has 0 unspecified atom stereocenters. The van der Waals surface area contributed by atoms with E-state index >= 15 is 0 Å². The van der Waals surface area contributed by atoms with E-state index in [9.17, 15) is 4.79 Å². The van der Waals surface area contributed by atoms with Crippen LogP contribution in [-0.4, -0.2) is 11.8 Å². The molecule has 0 aliphatic rings. The second-order valence-electron chi connectivity index (χ2n) is 5.29. The third kappa shape index (κ3) is 3.50. The Morgan fingerprint density at radius 1 is 1.18 bits per heavy atom. The van der Waals surface area contributed by atoms with E-state index in [0.717, 1.165) is 0 Å². The van der Waals surface area contributed by atoms with Gasteiger partial charge in [0.1, 0.15) is 0 Å². The fraction of sp³-hybridized carbons (Fsp3) is 0.500. The molecule has 1 N–H and O–H groups in total. The molecule has 0 atom stereocenters. The number of rotatable bonds is 3. The number of aryl methyl sites for hydroxylation is 3.